The van der Waals surface area contributed by atoms with Gasteiger partial charge in [0, 0.05) is 5.56 Å². The lowest BCUT2D eigenvalue weighted by Gasteiger charge is -2.25. The largest absolute Gasteiger partial charge is 0.507 e. The van der Waals surface area contributed by atoms with Crippen LogP contribution in [-0.4, -0.2) is 24.9 Å². The summed E-state index contributed by atoms with van der Waals surface area (Å²) >= 11 is 3.03. The van der Waals surface area contributed by atoms with E-state index in [1.807, 2.05) is 10.7 Å². The van der Waals surface area contributed by atoms with Crippen LogP contribution in [0.5, 0.6) is 5.75 Å². The van der Waals surface area contributed by atoms with E-state index in [4.69, 9.17) is 10.8 Å². The van der Waals surface area contributed by atoms with Crippen molar-refractivity contribution in [3.8, 4) is 17.0 Å². The van der Waals surface area contributed by atoms with E-state index in [2.05, 4.69) is 44.1 Å². The summed E-state index contributed by atoms with van der Waals surface area (Å²) in [5, 5.41) is 15.4. The van der Waals surface area contributed by atoms with Gasteiger partial charge in [-0.2, -0.15) is 5.10 Å². The first-order chi connectivity index (χ1) is 14.0. The standard InChI is InChI=1S/C21H17BrFN5O/c22-18-15(23)8-13(9-16(18)29)19-17-20(24)25-10-26-21(17)28(27-19)14-6-5-11-3-1-2-4-12(11)7-14/h1-4,8-10,14,29H,5-7H2,(H2,24,25,26). The van der Waals surface area contributed by atoms with Crippen LogP contribution in [0, 0.1) is 5.82 Å². The van der Waals surface area contributed by atoms with Gasteiger partial charge in [0.15, 0.2) is 5.65 Å². The molecule has 0 radical (unpaired) electrons. The highest BCUT2D eigenvalue weighted by molar-refractivity contribution is 9.10. The van der Waals surface area contributed by atoms with E-state index in [0.717, 1.165) is 19.3 Å². The van der Waals surface area contributed by atoms with E-state index in [1.165, 1.54) is 29.6 Å². The average Bonchev–Trinajstić information content (AvgIpc) is 3.12. The van der Waals surface area contributed by atoms with Gasteiger partial charge in [-0.25, -0.2) is 19.0 Å². The second-order valence-electron chi connectivity index (χ2n) is 7.21. The van der Waals surface area contributed by atoms with Crippen LogP contribution in [0.4, 0.5) is 10.2 Å². The molecule has 0 saturated carbocycles. The zero-order valence-electron chi connectivity index (χ0n) is 15.3. The summed E-state index contributed by atoms with van der Waals surface area (Å²) in [5.41, 5.74) is 10.3. The Balaban J connectivity index is 1.68. The normalized spacial score (nSPS) is 16.1. The lowest BCUT2D eigenvalue weighted by atomic mass is 9.88. The number of rotatable bonds is 2. The fraction of sp³-hybridized carbons (Fsp3) is 0.190. The van der Waals surface area contributed by atoms with Gasteiger partial charge < -0.3 is 10.8 Å². The van der Waals surface area contributed by atoms with E-state index < -0.39 is 5.82 Å². The second-order valence-corrected chi connectivity index (χ2v) is 8.00. The summed E-state index contributed by atoms with van der Waals surface area (Å²) in [4.78, 5) is 8.52. The van der Waals surface area contributed by atoms with Gasteiger partial charge in [0.2, 0.25) is 0 Å². The van der Waals surface area contributed by atoms with Crippen molar-refractivity contribution < 1.29 is 9.50 Å². The number of halogens is 2. The SMILES string of the molecule is Nc1ncnc2c1c(-c1cc(O)c(Br)c(F)c1)nn2C1CCc2ccccc2C1. The van der Waals surface area contributed by atoms with E-state index in [-0.39, 0.29) is 22.1 Å². The number of aromatic nitrogens is 4. The summed E-state index contributed by atoms with van der Waals surface area (Å²) in [7, 11) is 0. The van der Waals surface area contributed by atoms with Crippen LogP contribution in [0.25, 0.3) is 22.3 Å². The van der Waals surface area contributed by atoms with Gasteiger partial charge in [-0.1, -0.05) is 24.3 Å². The van der Waals surface area contributed by atoms with Crippen LogP contribution >= 0.6 is 15.9 Å². The first-order valence-electron chi connectivity index (χ1n) is 9.26. The molecule has 2 aromatic carbocycles. The molecule has 1 atom stereocenters. The molecule has 8 heteroatoms. The molecule has 6 nitrogen and oxygen atoms in total. The molecular weight excluding hydrogens is 437 g/mol. The lowest BCUT2D eigenvalue weighted by Crippen LogP contribution is -2.20. The molecule has 0 fully saturated rings. The van der Waals surface area contributed by atoms with Crippen molar-refractivity contribution in [1.29, 1.82) is 0 Å². The van der Waals surface area contributed by atoms with Crippen molar-refractivity contribution >= 4 is 32.8 Å². The number of nitrogen functional groups attached to an aromatic ring is 1. The third kappa shape index (κ3) is 2.95. The zero-order valence-corrected chi connectivity index (χ0v) is 16.9. The Morgan fingerprint density at radius 3 is 2.76 bits per heavy atom. The summed E-state index contributed by atoms with van der Waals surface area (Å²) in [5.74, 6) is -0.510. The van der Waals surface area contributed by atoms with Crippen LogP contribution in [0.3, 0.4) is 0 Å². The Labute approximate surface area is 174 Å². The van der Waals surface area contributed by atoms with Gasteiger partial charge in [-0.05, 0) is 58.5 Å². The molecule has 1 aliphatic carbocycles. The number of anilines is 1. The number of hydrogen-bond donors (Lipinski definition) is 2. The first kappa shape index (κ1) is 18.1. The molecule has 146 valence electrons. The van der Waals surface area contributed by atoms with Crippen molar-refractivity contribution in [2.45, 2.75) is 25.3 Å². The Hall–Kier alpha value is -3.00. The van der Waals surface area contributed by atoms with Crippen LogP contribution in [0.2, 0.25) is 0 Å². The van der Waals surface area contributed by atoms with Crippen molar-refractivity contribution in [3.63, 3.8) is 0 Å². The van der Waals surface area contributed by atoms with E-state index >= 15 is 0 Å². The number of phenolic OH excluding ortho intramolecular Hbond substituents is 1. The Morgan fingerprint density at radius 2 is 1.97 bits per heavy atom. The highest BCUT2D eigenvalue weighted by Crippen LogP contribution is 2.38. The number of phenols is 1. The summed E-state index contributed by atoms with van der Waals surface area (Å²) in [6.07, 6.45) is 4.11. The van der Waals surface area contributed by atoms with Gasteiger partial charge in [-0.3, -0.25) is 0 Å². The number of hydrogen-bond acceptors (Lipinski definition) is 5. The van der Waals surface area contributed by atoms with Crippen LogP contribution in [0.1, 0.15) is 23.6 Å². The predicted octanol–water partition coefficient (Wildman–Crippen LogP) is 4.41. The average molecular weight is 454 g/mol. The quantitative estimate of drug-likeness (QED) is 0.468. The molecule has 1 aliphatic rings. The van der Waals surface area contributed by atoms with Crippen LogP contribution in [-0.2, 0) is 12.8 Å². The highest BCUT2D eigenvalue weighted by Gasteiger charge is 2.26. The lowest BCUT2D eigenvalue weighted by molar-refractivity contribution is 0.415. The van der Waals surface area contributed by atoms with Crippen LogP contribution < -0.4 is 5.73 Å². The van der Waals surface area contributed by atoms with Crippen molar-refractivity contribution in [1.82, 2.24) is 19.7 Å². The number of aromatic hydroxyl groups is 1. The molecular formula is C21H17BrFN5O. The molecule has 0 amide bonds. The van der Waals surface area contributed by atoms with Crippen LogP contribution in [0.15, 0.2) is 47.2 Å². The maximum Gasteiger partial charge on any atom is 0.164 e. The molecule has 2 aromatic heterocycles. The molecule has 29 heavy (non-hydrogen) atoms. The molecule has 0 spiro atoms. The first-order valence-corrected chi connectivity index (χ1v) is 10.1. The van der Waals surface area contributed by atoms with Gasteiger partial charge in [-0.15, -0.1) is 0 Å². The molecule has 5 rings (SSSR count). The molecule has 0 bridgehead atoms. The number of benzene rings is 2. The van der Waals surface area contributed by atoms with Gasteiger partial charge in [0.05, 0.1) is 15.9 Å². The fourth-order valence-corrected chi connectivity index (χ4v) is 4.28. The molecule has 4 aromatic rings. The predicted molar refractivity (Wildman–Crippen MR) is 112 cm³/mol. The minimum Gasteiger partial charge on any atom is -0.507 e. The molecule has 0 saturated heterocycles. The Kier molecular flexibility index (Phi) is 4.24. The highest BCUT2D eigenvalue weighted by atomic mass is 79.9. The Bertz CT molecular complexity index is 1230. The van der Waals surface area contributed by atoms with Gasteiger partial charge in [0.25, 0.3) is 0 Å². The number of aryl methyl sites for hydroxylation is 1. The maximum absolute atomic E-state index is 14.2. The van der Waals surface area contributed by atoms with E-state index in [1.54, 1.807) is 0 Å². The molecule has 1 unspecified atom stereocenters. The third-order valence-electron chi connectivity index (χ3n) is 5.47. The molecule has 0 aliphatic heterocycles. The van der Waals surface area contributed by atoms with Crippen molar-refractivity contribution in [2.75, 3.05) is 5.73 Å². The van der Waals surface area contributed by atoms with Gasteiger partial charge in [0.1, 0.15) is 29.4 Å². The number of fused-ring (bicyclic) bond motifs is 2. The minimum absolute atomic E-state index is 0.0121. The second kappa shape index (κ2) is 6.81. The third-order valence-corrected chi connectivity index (χ3v) is 6.25. The minimum atomic E-state index is -0.579. The monoisotopic (exact) mass is 453 g/mol. The Morgan fingerprint density at radius 1 is 1.17 bits per heavy atom. The topological polar surface area (TPSA) is 89.8 Å². The summed E-state index contributed by atoms with van der Waals surface area (Å²) in [6.45, 7) is 0. The maximum atomic E-state index is 14.2. The fourth-order valence-electron chi connectivity index (χ4n) is 4.05. The number of nitrogens with zero attached hydrogens (tertiary/aromatic N) is 4. The van der Waals surface area contributed by atoms with E-state index in [9.17, 15) is 9.50 Å². The number of nitrogens with two attached hydrogens (primary N) is 1. The summed E-state index contributed by atoms with van der Waals surface area (Å²) in [6, 6.07) is 11.3. The van der Waals surface area contributed by atoms with Crippen molar-refractivity contribution in [2.24, 2.45) is 0 Å². The van der Waals surface area contributed by atoms with Gasteiger partial charge >= 0.3 is 0 Å². The molecule has 3 N–H and O–H groups in total. The van der Waals surface area contributed by atoms with Crippen molar-refractivity contribution in [3.05, 3.63) is 64.1 Å². The summed E-state index contributed by atoms with van der Waals surface area (Å²) < 4.78 is 16.1. The zero-order chi connectivity index (χ0) is 20.1. The smallest absolute Gasteiger partial charge is 0.164 e. The van der Waals surface area contributed by atoms with E-state index in [0.29, 0.717) is 22.3 Å². The molecule has 2 heterocycles.